The Balaban J connectivity index is 1.96. The van der Waals surface area contributed by atoms with E-state index in [1.54, 1.807) is 0 Å². The van der Waals surface area contributed by atoms with Gasteiger partial charge < -0.3 is 5.11 Å². The van der Waals surface area contributed by atoms with E-state index in [-0.39, 0.29) is 6.10 Å². The minimum atomic E-state index is 0.0411. The molecule has 0 aromatic rings. The smallest absolute Gasteiger partial charge is 0.0543 e. The predicted molar refractivity (Wildman–Crippen MR) is 40.7 cm³/mol. The first-order valence-corrected chi connectivity index (χ1v) is 4.54. The van der Waals surface area contributed by atoms with Crippen LogP contribution in [0.1, 0.15) is 38.5 Å². The van der Waals surface area contributed by atoms with Crippen LogP contribution in [-0.2, 0) is 0 Å². The van der Waals surface area contributed by atoms with Gasteiger partial charge in [0.15, 0.2) is 0 Å². The maximum atomic E-state index is 9.36. The Morgan fingerprint density at radius 1 is 0.900 bits per heavy atom. The molecule has 2 aliphatic carbocycles. The second kappa shape index (κ2) is 2.54. The van der Waals surface area contributed by atoms with Crippen molar-refractivity contribution in [2.45, 2.75) is 44.6 Å². The number of aliphatic hydroxyl groups is 1. The zero-order valence-electron chi connectivity index (χ0n) is 6.42. The van der Waals surface area contributed by atoms with E-state index in [9.17, 15) is 5.11 Å². The molecule has 10 heavy (non-hydrogen) atoms. The molecule has 0 bridgehead atoms. The van der Waals surface area contributed by atoms with Crippen molar-refractivity contribution in [1.29, 1.82) is 0 Å². The quantitative estimate of drug-likeness (QED) is 0.545. The van der Waals surface area contributed by atoms with E-state index in [4.69, 9.17) is 0 Å². The molecule has 1 unspecified atom stereocenters. The highest BCUT2D eigenvalue weighted by molar-refractivity contribution is 4.84. The fourth-order valence-corrected chi connectivity index (χ4v) is 2.68. The lowest BCUT2D eigenvalue weighted by molar-refractivity contribution is 0.0806. The van der Waals surface area contributed by atoms with Crippen molar-refractivity contribution in [3.05, 3.63) is 0 Å². The lowest BCUT2D eigenvalue weighted by Gasteiger charge is -2.28. The Labute approximate surface area is 62.4 Å². The Kier molecular flexibility index (Phi) is 1.69. The molecule has 0 aromatic heterocycles. The Hall–Kier alpha value is -0.0400. The van der Waals surface area contributed by atoms with E-state index in [2.05, 4.69) is 0 Å². The molecule has 58 valence electrons. The standard InChI is InChI=1S/C9H16O/c10-9-5-4-7-2-1-3-8(7)6-9/h7-10H,1-6H2/t7-,8-,9?/m0/s1. The minimum Gasteiger partial charge on any atom is -0.393 e. The van der Waals surface area contributed by atoms with Gasteiger partial charge in [-0.3, -0.25) is 0 Å². The molecule has 2 rings (SSSR count). The van der Waals surface area contributed by atoms with Gasteiger partial charge in [0.25, 0.3) is 0 Å². The second-order valence-electron chi connectivity index (χ2n) is 3.92. The monoisotopic (exact) mass is 140 g/mol. The predicted octanol–water partition coefficient (Wildman–Crippen LogP) is 1.95. The zero-order chi connectivity index (χ0) is 6.97. The van der Waals surface area contributed by atoms with Gasteiger partial charge in [-0.2, -0.15) is 0 Å². The average molecular weight is 140 g/mol. The third kappa shape index (κ3) is 1.07. The van der Waals surface area contributed by atoms with E-state index >= 15 is 0 Å². The van der Waals surface area contributed by atoms with Crippen LogP contribution >= 0.6 is 0 Å². The average Bonchev–Trinajstić information content (AvgIpc) is 2.33. The van der Waals surface area contributed by atoms with Crippen LogP contribution in [0.2, 0.25) is 0 Å². The third-order valence-corrected chi connectivity index (χ3v) is 3.26. The molecule has 0 heterocycles. The molecule has 2 aliphatic rings. The number of fused-ring (bicyclic) bond motifs is 1. The summed E-state index contributed by atoms with van der Waals surface area (Å²) in [5, 5.41) is 9.36. The summed E-state index contributed by atoms with van der Waals surface area (Å²) >= 11 is 0. The summed E-state index contributed by atoms with van der Waals surface area (Å²) in [5.74, 6) is 1.88. The van der Waals surface area contributed by atoms with Crippen molar-refractivity contribution in [3.8, 4) is 0 Å². The molecule has 0 saturated heterocycles. The highest BCUT2D eigenvalue weighted by atomic mass is 16.3. The van der Waals surface area contributed by atoms with Crippen molar-refractivity contribution in [1.82, 2.24) is 0 Å². The summed E-state index contributed by atoms with van der Waals surface area (Å²) in [6, 6.07) is 0. The van der Waals surface area contributed by atoms with Crippen LogP contribution in [0.3, 0.4) is 0 Å². The van der Waals surface area contributed by atoms with Gasteiger partial charge in [0.1, 0.15) is 0 Å². The van der Waals surface area contributed by atoms with Crippen LogP contribution in [0.4, 0.5) is 0 Å². The van der Waals surface area contributed by atoms with Gasteiger partial charge in [0.05, 0.1) is 6.10 Å². The lowest BCUT2D eigenvalue weighted by atomic mass is 9.80. The molecule has 1 N–H and O–H groups in total. The van der Waals surface area contributed by atoms with E-state index in [1.807, 2.05) is 0 Å². The number of aliphatic hydroxyl groups excluding tert-OH is 1. The number of hydrogen-bond acceptors (Lipinski definition) is 1. The summed E-state index contributed by atoms with van der Waals surface area (Å²) in [6.07, 6.45) is 7.76. The number of rotatable bonds is 0. The Morgan fingerprint density at radius 2 is 1.70 bits per heavy atom. The van der Waals surface area contributed by atoms with Crippen molar-refractivity contribution in [3.63, 3.8) is 0 Å². The first-order valence-electron chi connectivity index (χ1n) is 4.54. The molecule has 0 aliphatic heterocycles. The fraction of sp³-hybridized carbons (Fsp3) is 1.00. The van der Waals surface area contributed by atoms with Crippen molar-refractivity contribution in [2.24, 2.45) is 11.8 Å². The van der Waals surface area contributed by atoms with Crippen molar-refractivity contribution < 1.29 is 5.11 Å². The summed E-state index contributed by atoms with van der Waals surface area (Å²) < 4.78 is 0. The normalized spacial score (nSPS) is 47.1. The molecular weight excluding hydrogens is 124 g/mol. The second-order valence-corrected chi connectivity index (χ2v) is 3.92. The zero-order valence-corrected chi connectivity index (χ0v) is 6.42. The SMILES string of the molecule is OC1CC[C@@H]2CCC[C@H]2C1. The molecule has 0 radical (unpaired) electrons. The summed E-state index contributed by atoms with van der Waals surface area (Å²) in [5.41, 5.74) is 0. The van der Waals surface area contributed by atoms with Gasteiger partial charge in [-0.1, -0.05) is 19.3 Å². The highest BCUT2D eigenvalue weighted by Gasteiger charge is 2.32. The fourth-order valence-electron chi connectivity index (χ4n) is 2.68. The maximum Gasteiger partial charge on any atom is 0.0543 e. The molecule has 2 saturated carbocycles. The van der Waals surface area contributed by atoms with E-state index in [0.29, 0.717) is 0 Å². The van der Waals surface area contributed by atoms with Gasteiger partial charge >= 0.3 is 0 Å². The molecule has 1 nitrogen and oxygen atoms in total. The van der Waals surface area contributed by atoms with Gasteiger partial charge in [-0.15, -0.1) is 0 Å². The van der Waals surface area contributed by atoms with Crippen LogP contribution in [0, 0.1) is 11.8 Å². The first-order chi connectivity index (χ1) is 4.86. The molecule has 0 amide bonds. The van der Waals surface area contributed by atoms with E-state index < -0.39 is 0 Å². The minimum absolute atomic E-state index is 0.0411. The van der Waals surface area contributed by atoms with Gasteiger partial charge in [0.2, 0.25) is 0 Å². The first kappa shape index (κ1) is 6.66. The van der Waals surface area contributed by atoms with Crippen molar-refractivity contribution in [2.75, 3.05) is 0 Å². The molecule has 0 aromatic carbocycles. The van der Waals surface area contributed by atoms with Crippen LogP contribution in [-0.4, -0.2) is 11.2 Å². The van der Waals surface area contributed by atoms with Crippen LogP contribution < -0.4 is 0 Å². The topological polar surface area (TPSA) is 20.2 Å². The third-order valence-electron chi connectivity index (χ3n) is 3.26. The summed E-state index contributed by atoms with van der Waals surface area (Å²) in [6.45, 7) is 0. The van der Waals surface area contributed by atoms with Crippen LogP contribution in [0.5, 0.6) is 0 Å². The molecule has 2 fully saturated rings. The maximum absolute atomic E-state index is 9.36. The van der Waals surface area contributed by atoms with E-state index in [1.165, 1.54) is 25.7 Å². The Morgan fingerprint density at radius 3 is 2.60 bits per heavy atom. The van der Waals surface area contributed by atoms with Gasteiger partial charge in [0, 0.05) is 0 Å². The largest absolute Gasteiger partial charge is 0.393 e. The Bertz CT molecular complexity index is 122. The summed E-state index contributed by atoms with van der Waals surface area (Å²) in [7, 11) is 0. The van der Waals surface area contributed by atoms with Crippen LogP contribution in [0.25, 0.3) is 0 Å². The molecule has 0 spiro atoms. The van der Waals surface area contributed by atoms with Crippen LogP contribution in [0.15, 0.2) is 0 Å². The summed E-state index contributed by atoms with van der Waals surface area (Å²) in [4.78, 5) is 0. The lowest BCUT2D eigenvalue weighted by Crippen LogP contribution is -2.23. The molecular formula is C9H16O. The number of hydrogen-bond donors (Lipinski definition) is 1. The highest BCUT2D eigenvalue weighted by Crippen LogP contribution is 2.41. The molecule has 1 heteroatoms. The van der Waals surface area contributed by atoms with Gasteiger partial charge in [-0.05, 0) is 31.1 Å². The van der Waals surface area contributed by atoms with Crippen molar-refractivity contribution >= 4 is 0 Å². The van der Waals surface area contributed by atoms with E-state index in [0.717, 1.165) is 24.7 Å². The van der Waals surface area contributed by atoms with Gasteiger partial charge in [-0.25, -0.2) is 0 Å². The molecule has 3 atom stereocenters.